The van der Waals surface area contributed by atoms with Crippen LogP contribution in [0.15, 0.2) is 29.2 Å². The van der Waals surface area contributed by atoms with Crippen LogP contribution in [-0.4, -0.2) is 29.6 Å². The highest BCUT2D eigenvalue weighted by atomic mass is 32.2. The summed E-state index contributed by atoms with van der Waals surface area (Å²) in [5.41, 5.74) is 0.396. The zero-order valence-electron chi connectivity index (χ0n) is 11.1. The highest BCUT2D eigenvalue weighted by Gasteiger charge is 2.20. The summed E-state index contributed by atoms with van der Waals surface area (Å²) in [6.07, 6.45) is 0. The van der Waals surface area contributed by atoms with Gasteiger partial charge in [-0.3, -0.25) is 4.31 Å². The monoisotopic (exact) mass is 306 g/mol. The van der Waals surface area contributed by atoms with Gasteiger partial charge in [-0.25, -0.2) is 22.0 Å². The fourth-order valence-corrected chi connectivity index (χ4v) is 3.56. The minimum atomic E-state index is -3.77. The van der Waals surface area contributed by atoms with E-state index in [1.54, 1.807) is 0 Å². The van der Waals surface area contributed by atoms with E-state index in [-0.39, 0.29) is 16.6 Å². The molecule has 1 aromatic rings. The Morgan fingerprint density at radius 3 is 1.95 bits per heavy atom. The second-order valence-corrected chi connectivity index (χ2v) is 8.29. The van der Waals surface area contributed by atoms with Crippen LogP contribution in [0.2, 0.25) is 0 Å². The first-order valence-electron chi connectivity index (χ1n) is 5.63. The molecule has 6 nitrogen and oxygen atoms in total. The van der Waals surface area contributed by atoms with Gasteiger partial charge in [0.15, 0.2) is 0 Å². The molecule has 0 heterocycles. The van der Waals surface area contributed by atoms with E-state index in [2.05, 4.69) is 0 Å². The molecular weight excluding hydrogens is 288 g/mol. The minimum absolute atomic E-state index is 0.0103. The van der Waals surface area contributed by atoms with Crippen LogP contribution in [0.3, 0.4) is 0 Å². The SMILES string of the molecule is CC(C)CS(=O)(=O)N(C)c1ccc(S(N)(=O)=O)cc1. The highest BCUT2D eigenvalue weighted by Crippen LogP contribution is 2.19. The maximum absolute atomic E-state index is 12.0. The van der Waals surface area contributed by atoms with Gasteiger partial charge < -0.3 is 0 Å². The molecule has 0 saturated carbocycles. The molecule has 0 aliphatic rings. The molecule has 8 heteroatoms. The first kappa shape index (κ1) is 15.9. The zero-order chi connectivity index (χ0) is 14.8. The Morgan fingerprint density at radius 1 is 1.11 bits per heavy atom. The Balaban J connectivity index is 3.05. The van der Waals surface area contributed by atoms with Crippen LogP contribution >= 0.6 is 0 Å². The number of benzene rings is 1. The average Bonchev–Trinajstić information content (AvgIpc) is 2.25. The smallest absolute Gasteiger partial charge is 0.238 e. The van der Waals surface area contributed by atoms with E-state index in [1.165, 1.54) is 31.3 Å². The largest absolute Gasteiger partial charge is 0.273 e. The van der Waals surface area contributed by atoms with Gasteiger partial charge in [0.25, 0.3) is 0 Å². The van der Waals surface area contributed by atoms with Crippen molar-refractivity contribution in [3.8, 4) is 0 Å². The predicted octanol–water partition coefficient (Wildman–Crippen LogP) is 0.756. The van der Waals surface area contributed by atoms with Crippen LogP contribution in [0.25, 0.3) is 0 Å². The molecule has 0 aliphatic carbocycles. The van der Waals surface area contributed by atoms with Gasteiger partial charge in [-0.1, -0.05) is 13.8 Å². The topological polar surface area (TPSA) is 97.5 Å². The van der Waals surface area contributed by atoms with Crippen molar-refractivity contribution in [2.45, 2.75) is 18.7 Å². The van der Waals surface area contributed by atoms with Crippen molar-refractivity contribution in [1.29, 1.82) is 0 Å². The van der Waals surface area contributed by atoms with Crippen molar-refractivity contribution in [3.05, 3.63) is 24.3 Å². The van der Waals surface area contributed by atoms with Crippen molar-refractivity contribution in [2.24, 2.45) is 11.1 Å². The molecule has 0 bridgehead atoms. The standard InChI is InChI=1S/C11H18N2O4S2/c1-9(2)8-18(14,15)13(3)10-4-6-11(7-5-10)19(12,16)17/h4-7,9H,8H2,1-3H3,(H2,12,16,17). The van der Waals surface area contributed by atoms with Crippen molar-refractivity contribution in [1.82, 2.24) is 0 Å². The summed E-state index contributed by atoms with van der Waals surface area (Å²) in [5, 5.41) is 4.97. The van der Waals surface area contributed by atoms with Crippen molar-refractivity contribution >= 4 is 25.7 Å². The molecule has 0 saturated heterocycles. The van der Waals surface area contributed by atoms with Crippen LogP contribution in [0.5, 0.6) is 0 Å². The van der Waals surface area contributed by atoms with Gasteiger partial charge in [0.2, 0.25) is 20.0 Å². The molecule has 0 unspecified atom stereocenters. The molecule has 108 valence electrons. The molecule has 0 radical (unpaired) electrons. The number of nitrogens with two attached hydrogens (primary N) is 1. The fraction of sp³-hybridized carbons (Fsp3) is 0.455. The van der Waals surface area contributed by atoms with Gasteiger partial charge in [0.1, 0.15) is 0 Å². The van der Waals surface area contributed by atoms with Crippen LogP contribution in [0.4, 0.5) is 5.69 Å². The number of nitrogens with zero attached hydrogens (tertiary/aromatic N) is 1. The normalized spacial score (nSPS) is 12.7. The zero-order valence-corrected chi connectivity index (χ0v) is 12.7. The molecule has 0 aromatic heterocycles. The lowest BCUT2D eigenvalue weighted by molar-refractivity contribution is 0.580. The van der Waals surface area contributed by atoms with Gasteiger partial charge in [-0.2, -0.15) is 0 Å². The van der Waals surface area contributed by atoms with E-state index in [0.29, 0.717) is 5.69 Å². The van der Waals surface area contributed by atoms with Gasteiger partial charge in [-0.05, 0) is 30.2 Å². The molecule has 0 atom stereocenters. The van der Waals surface area contributed by atoms with Crippen molar-refractivity contribution < 1.29 is 16.8 Å². The lowest BCUT2D eigenvalue weighted by atomic mass is 10.3. The number of hydrogen-bond donors (Lipinski definition) is 1. The van der Waals surface area contributed by atoms with Gasteiger partial charge in [0, 0.05) is 7.05 Å². The lowest BCUT2D eigenvalue weighted by Gasteiger charge is -2.20. The molecular formula is C11H18N2O4S2. The average molecular weight is 306 g/mol. The number of hydrogen-bond acceptors (Lipinski definition) is 4. The summed E-state index contributed by atoms with van der Waals surface area (Å²) < 4.78 is 47.4. The summed E-state index contributed by atoms with van der Waals surface area (Å²) in [7, 11) is -5.74. The van der Waals surface area contributed by atoms with Crippen molar-refractivity contribution in [2.75, 3.05) is 17.1 Å². The Labute approximate surface area is 114 Å². The van der Waals surface area contributed by atoms with E-state index >= 15 is 0 Å². The third-order valence-corrected chi connectivity index (χ3v) is 5.55. The van der Waals surface area contributed by atoms with E-state index in [4.69, 9.17) is 5.14 Å². The summed E-state index contributed by atoms with van der Waals surface area (Å²) in [6, 6.07) is 5.40. The molecule has 0 fully saturated rings. The number of primary sulfonamides is 1. The molecule has 0 spiro atoms. The molecule has 0 amide bonds. The summed E-state index contributed by atoms with van der Waals surface area (Å²) >= 11 is 0. The molecule has 1 rings (SSSR count). The first-order chi connectivity index (χ1) is 8.54. The van der Waals surface area contributed by atoms with Crippen LogP contribution in [0.1, 0.15) is 13.8 Å². The van der Waals surface area contributed by atoms with E-state index in [1.807, 2.05) is 13.8 Å². The second-order valence-electron chi connectivity index (χ2n) is 4.68. The Bertz CT molecular complexity index is 634. The third kappa shape index (κ3) is 4.19. The third-order valence-electron chi connectivity index (χ3n) is 2.49. The maximum Gasteiger partial charge on any atom is 0.238 e. The second kappa shape index (κ2) is 5.48. The molecule has 2 N–H and O–H groups in total. The number of anilines is 1. The van der Waals surface area contributed by atoms with Crippen LogP contribution < -0.4 is 9.44 Å². The first-order valence-corrected chi connectivity index (χ1v) is 8.79. The van der Waals surface area contributed by atoms with Crippen molar-refractivity contribution in [3.63, 3.8) is 0 Å². The van der Waals surface area contributed by atoms with E-state index in [9.17, 15) is 16.8 Å². The summed E-state index contributed by atoms with van der Waals surface area (Å²) in [5.74, 6) is 0.0385. The quantitative estimate of drug-likeness (QED) is 0.868. The lowest BCUT2D eigenvalue weighted by Crippen LogP contribution is -2.30. The summed E-state index contributed by atoms with van der Waals surface area (Å²) in [6.45, 7) is 3.63. The Hall–Kier alpha value is -1.12. The predicted molar refractivity (Wildman–Crippen MR) is 74.8 cm³/mol. The highest BCUT2D eigenvalue weighted by molar-refractivity contribution is 7.92. The molecule has 0 aliphatic heterocycles. The Kier molecular flexibility index (Phi) is 4.59. The summed E-state index contributed by atoms with van der Waals surface area (Å²) in [4.78, 5) is -0.0501. The number of rotatable bonds is 5. The van der Waals surface area contributed by atoms with Crippen LogP contribution in [0, 0.1) is 5.92 Å². The van der Waals surface area contributed by atoms with Gasteiger partial charge >= 0.3 is 0 Å². The molecule has 19 heavy (non-hydrogen) atoms. The number of sulfonamides is 2. The van der Waals surface area contributed by atoms with E-state index in [0.717, 1.165) is 4.31 Å². The van der Waals surface area contributed by atoms with E-state index < -0.39 is 20.0 Å². The maximum atomic E-state index is 12.0. The fourth-order valence-electron chi connectivity index (χ4n) is 1.54. The van der Waals surface area contributed by atoms with Crippen LogP contribution in [-0.2, 0) is 20.0 Å². The van der Waals surface area contributed by atoms with Gasteiger partial charge in [0.05, 0.1) is 16.3 Å². The van der Waals surface area contributed by atoms with Gasteiger partial charge in [-0.15, -0.1) is 0 Å². The minimum Gasteiger partial charge on any atom is -0.273 e. The molecule has 1 aromatic carbocycles. The Morgan fingerprint density at radius 2 is 1.58 bits per heavy atom.